The van der Waals surface area contributed by atoms with Crippen LogP contribution in [0.3, 0.4) is 0 Å². The molecular weight excluding hydrogens is 190 g/mol. The second-order valence-electron chi connectivity index (χ2n) is 2.98. The number of aliphatic hydroxyl groups is 1. The zero-order valence-electron chi connectivity index (χ0n) is 7.10. The Balaban J connectivity index is 3.07. The zero-order valence-corrected chi connectivity index (χ0v) is 7.10. The van der Waals surface area contributed by atoms with Crippen molar-refractivity contribution in [2.45, 2.75) is 12.0 Å². The van der Waals surface area contributed by atoms with Gasteiger partial charge in [0.25, 0.3) is 0 Å². The van der Waals surface area contributed by atoms with Gasteiger partial charge in [0.1, 0.15) is 0 Å². The van der Waals surface area contributed by atoms with Crippen molar-refractivity contribution in [1.29, 1.82) is 0 Å². The molecule has 0 saturated carbocycles. The zero-order chi connectivity index (χ0) is 10.9. The molecule has 0 aromatic rings. The number of allylic oxidation sites excluding steroid dienone is 1. The SMILES string of the molecule is NC1=C(C(=O)O)CC(O)(C(=O)O)C=C1. The Morgan fingerprint density at radius 1 is 1.43 bits per heavy atom. The number of carbonyl (C=O) groups is 2. The maximum absolute atomic E-state index is 10.6. The van der Waals surface area contributed by atoms with Crippen LogP contribution in [0.5, 0.6) is 0 Å². The van der Waals surface area contributed by atoms with Gasteiger partial charge in [0.05, 0.1) is 5.57 Å². The van der Waals surface area contributed by atoms with Crippen molar-refractivity contribution < 1.29 is 24.9 Å². The van der Waals surface area contributed by atoms with Gasteiger partial charge in [-0.15, -0.1) is 0 Å². The van der Waals surface area contributed by atoms with E-state index < -0.39 is 24.0 Å². The van der Waals surface area contributed by atoms with Gasteiger partial charge < -0.3 is 21.1 Å². The highest BCUT2D eigenvalue weighted by atomic mass is 16.4. The molecule has 1 aliphatic rings. The molecule has 0 radical (unpaired) electrons. The Hall–Kier alpha value is -1.82. The van der Waals surface area contributed by atoms with Crippen molar-refractivity contribution in [1.82, 2.24) is 0 Å². The van der Waals surface area contributed by atoms with Crippen molar-refractivity contribution in [3.8, 4) is 0 Å². The monoisotopic (exact) mass is 199 g/mol. The van der Waals surface area contributed by atoms with Crippen molar-refractivity contribution >= 4 is 11.9 Å². The van der Waals surface area contributed by atoms with Crippen molar-refractivity contribution in [3.63, 3.8) is 0 Å². The van der Waals surface area contributed by atoms with Gasteiger partial charge in [-0.25, -0.2) is 9.59 Å². The summed E-state index contributed by atoms with van der Waals surface area (Å²) < 4.78 is 0. The largest absolute Gasteiger partial charge is 0.479 e. The Kier molecular flexibility index (Phi) is 2.31. The number of hydrogen-bond acceptors (Lipinski definition) is 4. The molecule has 0 aromatic carbocycles. The third-order valence-corrected chi connectivity index (χ3v) is 1.96. The van der Waals surface area contributed by atoms with Crippen LogP contribution in [0.2, 0.25) is 0 Å². The number of rotatable bonds is 2. The van der Waals surface area contributed by atoms with Crippen LogP contribution in [0.1, 0.15) is 6.42 Å². The molecular formula is C8H9NO5. The van der Waals surface area contributed by atoms with E-state index in [1.807, 2.05) is 0 Å². The molecule has 1 unspecified atom stereocenters. The van der Waals surface area contributed by atoms with E-state index in [1.54, 1.807) is 0 Å². The standard InChI is InChI=1S/C8H9NO5/c9-5-1-2-8(14,7(12)13)3-4(5)6(10)11/h1-2,14H,3,9H2,(H,10,11)(H,12,13). The molecule has 6 nitrogen and oxygen atoms in total. The molecule has 1 rings (SSSR count). The molecule has 0 spiro atoms. The second-order valence-corrected chi connectivity index (χ2v) is 2.98. The third kappa shape index (κ3) is 1.60. The predicted molar refractivity (Wildman–Crippen MR) is 45.2 cm³/mol. The quantitative estimate of drug-likeness (QED) is 0.455. The summed E-state index contributed by atoms with van der Waals surface area (Å²) in [5.41, 5.74) is 2.81. The van der Waals surface area contributed by atoms with Gasteiger partial charge in [0.2, 0.25) is 0 Å². The lowest BCUT2D eigenvalue weighted by atomic mass is 9.88. The number of carboxylic acid groups (broad SMARTS) is 2. The highest BCUT2D eigenvalue weighted by molar-refractivity contribution is 5.92. The molecule has 14 heavy (non-hydrogen) atoms. The lowest BCUT2D eigenvalue weighted by Gasteiger charge is -2.23. The fourth-order valence-electron chi connectivity index (χ4n) is 1.10. The average Bonchev–Trinajstić information content (AvgIpc) is 2.09. The summed E-state index contributed by atoms with van der Waals surface area (Å²) in [5.74, 6) is -2.83. The first-order valence-corrected chi connectivity index (χ1v) is 3.74. The van der Waals surface area contributed by atoms with Crippen LogP contribution in [0, 0.1) is 0 Å². The molecule has 0 fully saturated rings. The molecule has 5 N–H and O–H groups in total. The van der Waals surface area contributed by atoms with E-state index >= 15 is 0 Å². The van der Waals surface area contributed by atoms with Gasteiger partial charge in [-0.2, -0.15) is 0 Å². The van der Waals surface area contributed by atoms with Crippen molar-refractivity contribution in [2.24, 2.45) is 5.73 Å². The number of hydrogen-bond donors (Lipinski definition) is 4. The van der Waals surface area contributed by atoms with Crippen LogP contribution in [0.25, 0.3) is 0 Å². The smallest absolute Gasteiger partial charge is 0.340 e. The maximum atomic E-state index is 10.6. The summed E-state index contributed by atoms with van der Waals surface area (Å²) in [4.78, 5) is 21.2. The van der Waals surface area contributed by atoms with E-state index in [4.69, 9.17) is 15.9 Å². The lowest BCUT2D eigenvalue weighted by Crippen LogP contribution is -2.40. The molecule has 76 valence electrons. The van der Waals surface area contributed by atoms with E-state index in [0.29, 0.717) is 0 Å². The summed E-state index contributed by atoms with van der Waals surface area (Å²) in [6.07, 6.45) is 1.53. The molecule has 0 heterocycles. The normalized spacial score (nSPS) is 26.4. The minimum atomic E-state index is -2.17. The number of carboxylic acids is 2. The van der Waals surface area contributed by atoms with E-state index in [9.17, 15) is 14.7 Å². The van der Waals surface area contributed by atoms with E-state index in [-0.39, 0.29) is 11.3 Å². The summed E-state index contributed by atoms with van der Waals surface area (Å²) in [7, 11) is 0. The molecule has 0 aromatic heterocycles. The highest BCUT2D eigenvalue weighted by Gasteiger charge is 2.38. The van der Waals surface area contributed by atoms with Gasteiger partial charge in [0, 0.05) is 12.1 Å². The predicted octanol–water partition coefficient (Wildman–Crippen LogP) is -0.941. The molecule has 1 aliphatic carbocycles. The molecule has 1 atom stereocenters. The van der Waals surface area contributed by atoms with Crippen LogP contribution in [-0.4, -0.2) is 32.9 Å². The van der Waals surface area contributed by atoms with Gasteiger partial charge in [-0.3, -0.25) is 0 Å². The first-order valence-electron chi connectivity index (χ1n) is 3.74. The Morgan fingerprint density at radius 2 is 2.00 bits per heavy atom. The topological polar surface area (TPSA) is 121 Å². The maximum Gasteiger partial charge on any atom is 0.340 e. The second kappa shape index (κ2) is 3.15. The molecule has 6 heteroatoms. The van der Waals surface area contributed by atoms with Gasteiger partial charge in [0.15, 0.2) is 5.60 Å². The van der Waals surface area contributed by atoms with Crippen LogP contribution in [0.15, 0.2) is 23.4 Å². The minimum absolute atomic E-state index is 0.0385. The van der Waals surface area contributed by atoms with E-state index in [0.717, 1.165) is 12.2 Å². The summed E-state index contributed by atoms with van der Waals surface area (Å²) >= 11 is 0. The Morgan fingerprint density at radius 3 is 2.43 bits per heavy atom. The number of aliphatic carboxylic acids is 2. The van der Waals surface area contributed by atoms with E-state index in [2.05, 4.69) is 0 Å². The van der Waals surface area contributed by atoms with Gasteiger partial charge in [-0.05, 0) is 12.2 Å². The third-order valence-electron chi connectivity index (χ3n) is 1.96. The molecule has 0 bridgehead atoms. The molecule has 0 aliphatic heterocycles. The van der Waals surface area contributed by atoms with E-state index in [1.165, 1.54) is 0 Å². The fraction of sp³-hybridized carbons (Fsp3) is 0.250. The van der Waals surface area contributed by atoms with Gasteiger partial charge in [-0.1, -0.05) is 0 Å². The first kappa shape index (κ1) is 10.3. The fourth-order valence-corrected chi connectivity index (χ4v) is 1.10. The van der Waals surface area contributed by atoms with Crippen molar-refractivity contribution in [2.75, 3.05) is 0 Å². The summed E-state index contributed by atoms with van der Waals surface area (Å²) in [6.45, 7) is 0. The summed E-state index contributed by atoms with van der Waals surface area (Å²) in [5, 5.41) is 26.7. The Labute approximate surface area is 79.0 Å². The Bertz CT molecular complexity index is 357. The molecule has 0 amide bonds. The number of nitrogens with two attached hydrogens (primary N) is 1. The average molecular weight is 199 g/mol. The lowest BCUT2D eigenvalue weighted by molar-refractivity contribution is -0.153. The molecule has 0 saturated heterocycles. The van der Waals surface area contributed by atoms with Gasteiger partial charge >= 0.3 is 11.9 Å². The summed E-state index contributed by atoms with van der Waals surface area (Å²) in [6, 6.07) is 0. The first-order chi connectivity index (χ1) is 6.37. The highest BCUT2D eigenvalue weighted by Crippen LogP contribution is 2.25. The van der Waals surface area contributed by atoms with Crippen LogP contribution < -0.4 is 5.73 Å². The van der Waals surface area contributed by atoms with Crippen LogP contribution >= 0.6 is 0 Å². The van der Waals surface area contributed by atoms with Crippen LogP contribution in [-0.2, 0) is 9.59 Å². The van der Waals surface area contributed by atoms with Crippen molar-refractivity contribution in [3.05, 3.63) is 23.4 Å². The van der Waals surface area contributed by atoms with Crippen LogP contribution in [0.4, 0.5) is 0 Å². The minimum Gasteiger partial charge on any atom is -0.479 e.